The molecule has 0 aromatic heterocycles. The van der Waals surface area contributed by atoms with Gasteiger partial charge in [0, 0.05) is 30.3 Å². The second-order valence-electron chi connectivity index (χ2n) is 7.84. The average molecular weight is 488 g/mol. The summed E-state index contributed by atoms with van der Waals surface area (Å²) in [6.07, 6.45) is 0. The lowest BCUT2D eigenvalue weighted by molar-refractivity contribution is -0.384. The number of ether oxygens (including phenoxy) is 2. The number of methoxy groups -OCH3 is 1. The first-order valence-electron chi connectivity index (χ1n) is 10.7. The van der Waals surface area contributed by atoms with Crippen LogP contribution in [0.15, 0.2) is 78.4 Å². The van der Waals surface area contributed by atoms with E-state index >= 15 is 0 Å². The topological polar surface area (TPSA) is 136 Å². The number of aliphatic hydroxyl groups is 1. The van der Waals surface area contributed by atoms with Gasteiger partial charge in [0.2, 0.25) is 0 Å². The number of benzene rings is 3. The fraction of sp³-hybridized carbons (Fsp3) is 0.115. The number of amides is 1. The van der Waals surface area contributed by atoms with E-state index in [0.717, 1.165) is 6.07 Å². The van der Waals surface area contributed by atoms with Gasteiger partial charge in [-0.15, -0.1) is 0 Å². The minimum Gasteiger partial charge on any atom is -0.507 e. The summed E-state index contributed by atoms with van der Waals surface area (Å²) in [7, 11) is 1.49. The van der Waals surface area contributed by atoms with Crippen molar-refractivity contribution >= 4 is 34.8 Å². The van der Waals surface area contributed by atoms with Crippen molar-refractivity contribution < 1.29 is 33.9 Å². The Morgan fingerprint density at radius 2 is 1.64 bits per heavy atom. The standard InChI is InChI=1S/C26H20N2O8/c1-15(29)36-21-10-6-16(7-11-21)23-22(24(30)17-4-3-5-19(14-17)28(33)34)25(31)26(32)27(23)18-8-12-20(35-2)13-9-18/h3-14,23,30H,1-2H3/b24-22-. The Bertz CT molecular complexity index is 1390. The molecule has 0 bridgehead atoms. The van der Waals surface area contributed by atoms with E-state index in [1.165, 1.54) is 49.3 Å². The molecule has 36 heavy (non-hydrogen) atoms. The third-order valence-electron chi connectivity index (χ3n) is 5.58. The van der Waals surface area contributed by atoms with E-state index in [1.807, 2.05) is 0 Å². The van der Waals surface area contributed by atoms with Crippen LogP contribution in [0, 0.1) is 10.1 Å². The molecule has 1 unspecified atom stereocenters. The van der Waals surface area contributed by atoms with E-state index in [2.05, 4.69) is 0 Å². The predicted molar refractivity (Wildman–Crippen MR) is 129 cm³/mol. The van der Waals surface area contributed by atoms with E-state index in [4.69, 9.17) is 9.47 Å². The molecular formula is C26H20N2O8. The number of ketones is 1. The number of hydrogen-bond donors (Lipinski definition) is 1. The van der Waals surface area contributed by atoms with Gasteiger partial charge in [-0.05, 0) is 42.0 Å². The minimum atomic E-state index is -1.07. The maximum atomic E-state index is 13.2. The fourth-order valence-electron chi connectivity index (χ4n) is 3.96. The quantitative estimate of drug-likeness (QED) is 0.104. The molecule has 1 N–H and O–H groups in total. The van der Waals surface area contributed by atoms with Crippen LogP contribution in [0.3, 0.4) is 0 Å². The van der Waals surface area contributed by atoms with Gasteiger partial charge in [0.15, 0.2) is 0 Å². The molecular weight excluding hydrogens is 468 g/mol. The van der Waals surface area contributed by atoms with E-state index in [0.29, 0.717) is 17.0 Å². The molecule has 3 aromatic carbocycles. The highest BCUT2D eigenvalue weighted by molar-refractivity contribution is 6.51. The summed E-state index contributed by atoms with van der Waals surface area (Å²) in [4.78, 5) is 49.5. The predicted octanol–water partition coefficient (Wildman–Crippen LogP) is 4.16. The molecule has 1 aliphatic rings. The zero-order chi connectivity index (χ0) is 26.0. The minimum absolute atomic E-state index is 0.0125. The van der Waals surface area contributed by atoms with Crippen LogP contribution in [-0.4, -0.2) is 34.8 Å². The SMILES string of the molecule is COc1ccc(N2C(=O)C(=O)/C(=C(\O)c3cccc([N+](=O)[O-])c3)C2c2ccc(OC(C)=O)cc2)cc1. The number of Topliss-reactive ketones (excluding diaryl/α,β-unsaturated/α-hetero) is 1. The third kappa shape index (κ3) is 4.51. The van der Waals surface area contributed by atoms with Gasteiger partial charge in [-0.2, -0.15) is 0 Å². The highest BCUT2D eigenvalue weighted by atomic mass is 16.6. The molecule has 0 aliphatic carbocycles. The van der Waals surface area contributed by atoms with Crippen LogP contribution in [-0.2, 0) is 14.4 Å². The normalized spacial score (nSPS) is 16.6. The summed E-state index contributed by atoms with van der Waals surface area (Å²) in [5.41, 5.74) is 0.290. The van der Waals surface area contributed by atoms with Gasteiger partial charge in [0.05, 0.1) is 23.6 Å². The Morgan fingerprint density at radius 3 is 2.22 bits per heavy atom. The maximum Gasteiger partial charge on any atom is 0.308 e. The number of nitrogens with zero attached hydrogens (tertiary/aromatic N) is 2. The molecule has 0 radical (unpaired) electrons. The van der Waals surface area contributed by atoms with Crippen LogP contribution >= 0.6 is 0 Å². The smallest absolute Gasteiger partial charge is 0.308 e. The fourth-order valence-corrected chi connectivity index (χ4v) is 3.96. The lowest BCUT2D eigenvalue weighted by atomic mass is 9.95. The number of carbonyl (C=O) groups excluding carboxylic acids is 3. The summed E-state index contributed by atoms with van der Waals surface area (Å²) in [5, 5.41) is 22.4. The highest BCUT2D eigenvalue weighted by Crippen LogP contribution is 2.43. The average Bonchev–Trinajstić information content (AvgIpc) is 3.14. The molecule has 182 valence electrons. The number of carbonyl (C=O) groups is 3. The monoisotopic (exact) mass is 488 g/mol. The molecule has 10 heteroatoms. The Labute approximate surface area is 205 Å². The van der Waals surface area contributed by atoms with Crippen molar-refractivity contribution in [1.29, 1.82) is 0 Å². The first kappa shape index (κ1) is 24.1. The number of nitro groups is 1. The van der Waals surface area contributed by atoms with Crippen molar-refractivity contribution in [2.24, 2.45) is 0 Å². The molecule has 0 saturated carbocycles. The first-order valence-corrected chi connectivity index (χ1v) is 10.7. The lowest BCUT2D eigenvalue weighted by Crippen LogP contribution is -2.29. The molecule has 0 spiro atoms. The van der Waals surface area contributed by atoms with Crippen molar-refractivity contribution in [1.82, 2.24) is 0 Å². The van der Waals surface area contributed by atoms with Crippen LogP contribution in [0.25, 0.3) is 5.76 Å². The van der Waals surface area contributed by atoms with Gasteiger partial charge in [-0.3, -0.25) is 29.4 Å². The molecule has 3 aromatic rings. The second kappa shape index (κ2) is 9.71. The summed E-state index contributed by atoms with van der Waals surface area (Å²) in [5.74, 6) is -2.12. The zero-order valence-electron chi connectivity index (χ0n) is 19.2. The molecule has 1 saturated heterocycles. The van der Waals surface area contributed by atoms with Gasteiger partial charge >= 0.3 is 5.97 Å². The van der Waals surface area contributed by atoms with Gasteiger partial charge in [-0.1, -0.05) is 24.3 Å². The first-order chi connectivity index (χ1) is 17.2. The summed E-state index contributed by atoms with van der Waals surface area (Å²) >= 11 is 0. The molecule has 1 heterocycles. The number of rotatable bonds is 6. The maximum absolute atomic E-state index is 13.2. The summed E-state index contributed by atoms with van der Waals surface area (Å²) in [6.45, 7) is 1.26. The Morgan fingerprint density at radius 1 is 1.00 bits per heavy atom. The number of non-ortho nitro benzene ring substituents is 1. The van der Waals surface area contributed by atoms with Crippen molar-refractivity contribution in [3.63, 3.8) is 0 Å². The Kier molecular flexibility index (Phi) is 6.51. The van der Waals surface area contributed by atoms with Crippen LogP contribution in [0.5, 0.6) is 11.5 Å². The number of esters is 1. The third-order valence-corrected chi connectivity index (χ3v) is 5.58. The molecule has 10 nitrogen and oxygen atoms in total. The number of hydrogen-bond acceptors (Lipinski definition) is 8. The van der Waals surface area contributed by atoms with Crippen molar-refractivity contribution in [2.45, 2.75) is 13.0 Å². The number of nitro benzene ring substituents is 1. The van der Waals surface area contributed by atoms with Gasteiger partial charge in [0.1, 0.15) is 17.3 Å². The van der Waals surface area contributed by atoms with E-state index in [1.54, 1.807) is 36.4 Å². The molecule has 1 aliphatic heterocycles. The van der Waals surface area contributed by atoms with Crippen molar-refractivity contribution in [3.05, 3.63) is 99.6 Å². The Balaban J connectivity index is 1.90. The van der Waals surface area contributed by atoms with Crippen molar-refractivity contribution in [2.75, 3.05) is 12.0 Å². The second-order valence-corrected chi connectivity index (χ2v) is 7.84. The molecule has 1 amide bonds. The lowest BCUT2D eigenvalue weighted by Gasteiger charge is -2.25. The zero-order valence-corrected chi connectivity index (χ0v) is 19.2. The molecule has 4 rings (SSSR count). The van der Waals surface area contributed by atoms with Gasteiger partial charge in [0.25, 0.3) is 17.4 Å². The van der Waals surface area contributed by atoms with Gasteiger partial charge < -0.3 is 14.6 Å². The molecule has 1 fully saturated rings. The van der Waals surface area contributed by atoms with E-state index in [9.17, 15) is 29.6 Å². The van der Waals surface area contributed by atoms with Crippen LogP contribution in [0.1, 0.15) is 24.1 Å². The van der Waals surface area contributed by atoms with Crippen LogP contribution < -0.4 is 14.4 Å². The van der Waals surface area contributed by atoms with Crippen LogP contribution in [0.4, 0.5) is 11.4 Å². The largest absolute Gasteiger partial charge is 0.507 e. The summed E-state index contributed by atoms with van der Waals surface area (Å²) < 4.78 is 10.2. The van der Waals surface area contributed by atoms with Gasteiger partial charge in [-0.25, -0.2) is 0 Å². The van der Waals surface area contributed by atoms with Crippen molar-refractivity contribution in [3.8, 4) is 11.5 Å². The van der Waals surface area contributed by atoms with Crippen LogP contribution in [0.2, 0.25) is 0 Å². The Hall–Kier alpha value is -4.99. The number of anilines is 1. The molecule has 1 atom stereocenters. The van der Waals surface area contributed by atoms with E-state index in [-0.39, 0.29) is 22.6 Å². The van der Waals surface area contributed by atoms with E-state index < -0.39 is 34.4 Å². The summed E-state index contributed by atoms with van der Waals surface area (Å²) in [6, 6.07) is 16.6. The highest BCUT2D eigenvalue weighted by Gasteiger charge is 2.47. The number of aliphatic hydroxyl groups excluding tert-OH is 1.